The molecule has 0 spiro atoms. The summed E-state index contributed by atoms with van der Waals surface area (Å²) in [5.41, 5.74) is 1.05. The lowest BCUT2D eigenvalue weighted by molar-refractivity contribution is -0.116. The summed E-state index contributed by atoms with van der Waals surface area (Å²) in [6.07, 6.45) is 19.8. The molecular formula is C33H44Cl4N4O2. The van der Waals surface area contributed by atoms with Crippen LogP contribution in [0.25, 0.3) is 5.69 Å². The second kappa shape index (κ2) is 19.3. The van der Waals surface area contributed by atoms with Crippen molar-refractivity contribution in [3.05, 3.63) is 66.8 Å². The SMILES string of the molecule is CCCCCCCCCCCCCCCCCC(=O)Nc1ccc(Cl)c(Nc2cc(=O)n(-c3c(Cl)cc(Cl)cc3Cl)[nH]2)c1. The molecule has 0 radical (unpaired) electrons. The van der Waals surface area contributed by atoms with Crippen LogP contribution >= 0.6 is 46.4 Å². The molecule has 3 N–H and O–H groups in total. The Hall–Kier alpha value is -2.12. The molecule has 3 aromatic rings. The Morgan fingerprint density at radius 2 is 1.26 bits per heavy atom. The summed E-state index contributed by atoms with van der Waals surface area (Å²) in [7, 11) is 0. The lowest BCUT2D eigenvalue weighted by Gasteiger charge is -2.11. The molecular weight excluding hydrogens is 626 g/mol. The van der Waals surface area contributed by atoms with E-state index in [4.69, 9.17) is 46.4 Å². The van der Waals surface area contributed by atoms with Gasteiger partial charge in [0, 0.05) is 23.2 Å². The molecule has 1 aromatic heterocycles. The van der Waals surface area contributed by atoms with E-state index in [1.807, 2.05) is 0 Å². The molecule has 236 valence electrons. The van der Waals surface area contributed by atoms with Crippen molar-refractivity contribution in [1.29, 1.82) is 0 Å². The van der Waals surface area contributed by atoms with E-state index in [0.29, 0.717) is 33.7 Å². The summed E-state index contributed by atoms with van der Waals surface area (Å²) in [4.78, 5) is 25.2. The fourth-order valence-electron chi connectivity index (χ4n) is 5.10. The average molecular weight is 671 g/mol. The largest absolute Gasteiger partial charge is 0.339 e. The molecule has 10 heteroatoms. The first kappa shape index (κ1) is 35.4. The summed E-state index contributed by atoms with van der Waals surface area (Å²) >= 11 is 24.9. The number of nitrogens with zero attached hydrogens (tertiary/aromatic N) is 1. The molecule has 0 unspecified atom stereocenters. The molecule has 2 aromatic carbocycles. The molecule has 0 bridgehead atoms. The average Bonchev–Trinajstić information content (AvgIpc) is 3.31. The lowest BCUT2D eigenvalue weighted by Crippen LogP contribution is -2.14. The van der Waals surface area contributed by atoms with Crippen LogP contribution in [0.5, 0.6) is 0 Å². The maximum atomic E-state index is 12.7. The van der Waals surface area contributed by atoms with Gasteiger partial charge in [-0.15, -0.1) is 0 Å². The van der Waals surface area contributed by atoms with Crippen molar-refractivity contribution in [3.8, 4) is 5.69 Å². The van der Waals surface area contributed by atoms with E-state index in [0.717, 1.165) is 12.8 Å². The summed E-state index contributed by atoms with van der Waals surface area (Å²) < 4.78 is 1.22. The number of hydrogen-bond donors (Lipinski definition) is 3. The van der Waals surface area contributed by atoms with Crippen molar-refractivity contribution >= 4 is 69.5 Å². The number of aromatic nitrogens is 2. The third-order valence-corrected chi connectivity index (χ3v) is 8.58. The number of H-pyrrole nitrogens is 1. The molecule has 1 heterocycles. The van der Waals surface area contributed by atoms with Gasteiger partial charge in [0.25, 0.3) is 5.56 Å². The number of halogens is 4. The van der Waals surface area contributed by atoms with Crippen LogP contribution in [0.1, 0.15) is 110 Å². The first-order valence-electron chi connectivity index (χ1n) is 15.6. The van der Waals surface area contributed by atoms with Gasteiger partial charge in [0.1, 0.15) is 11.5 Å². The van der Waals surface area contributed by atoms with Crippen molar-refractivity contribution in [2.75, 3.05) is 10.6 Å². The molecule has 0 aliphatic heterocycles. The second-order valence-electron chi connectivity index (χ2n) is 11.1. The number of anilines is 3. The van der Waals surface area contributed by atoms with Gasteiger partial charge >= 0.3 is 0 Å². The quantitative estimate of drug-likeness (QED) is 0.105. The van der Waals surface area contributed by atoms with Crippen molar-refractivity contribution in [3.63, 3.8) is 0 Å². The van der Waals surface area contributed by atoms with E-state index in [9.17, 15) is 9.59 Å². The van der Waals surface area contributed by atoms with E-state index in [2.05, 4.69) is 22.7 Å². The highest BCUT2D eigenvalue weighted by Crippen LogP contribution is 2.32. The predicted octanol–water partition coefficient (Wildman–Crippen LogP) is 11.7. The molecule has 0 aliphatic carbocycles. The summed E-state index contributed by atoms with van der Waals surface area (Å²) in [5.74, 6) is 0.338. The molecule has 1 amide bonds. The number of benzene rings is 2. The second-order valence-corrected chi connectivity index (χ2v) is 12.8. The number of aromatic amines is 1. The van der Waals surface area contributed by atoms with E-state index in [1.165, 1.54) is 106 Å². The molecule has 6 nitrogen and oxygen atoms in total. The fourth-order valence-corrected chi connectivity index (χ4v) is 6.25. The minimum absolute atomic E-state index is 0.0328. The van der Waals surface area contributed by atoms with Crippen LogP contribution in [-0.4, -0.2) is 15.7 Å². The number of nitrogens with one attached hydrogen (secondary N) is 3. The minimum atomic E-state index is -0.377. The lowest BCUT2D eigenvalue weighted by atomic mass is 10.0. The van der Waals surface area contributed by atoms with Gasteiger partial charge in [-0.2, -0.15) is 0 Å². The van der Waals surface area contributed by atoms with Crippen molar-refractivity contribution in [1.82, 2.24) is 9.78 Å². The zero-order valence-electron chi connectivity index (χ0n) is 25.1. The van der Waals surface area contributed by atoms with Gasteiger partial charge in [-0.1, -0.05) is 143 Å². The Kier molecular flexibility index (Phi) is 15.9. The first-order valence-corrected chi connectivity index (χ1v) is 17.1. The number of carbonyl (C=O) groups is 1. The molecule has 0 saturated heterocycles. The van der Waals surface area contributed by atoms with Crippen LogP contribution in [0.2, 0.25) is 20.1 Å². The number of amides is 1. The number of rotatable bonds is 20. The maximum absolute atomic E-state index is 12.7. The van der Waals surface area contributed by atoms with Gasteiger partial charge in [-0.05, 0) is 36.8 Å². The fraction of sp³-hybridized carbons (Fsp3) is 0.515. The standard InChI is InChI=1S/C33H44Cl4N4O2/c1-2-3-4-5-6-7-8-9-10-11-12-13-14-15-16-17-31(42)38-25-18-19-26(35)29(22-25)39-30-23-32(43)41(40-30)33-27(36)20-24(34)21-28(33)37/h18-23,39-40H,2-17H2,1H3,(H,38,42). The highest BCUT2D eigenvalue weighted by Gasteiger charge is 2.15. The zero-order chi connectivity index (χ0) is 31.0. The van der Waals surface area contributed by atoms with Crippen LogP contribution in [0.4, 0.5) is 17.2 Å². The zero-order valence-corrected chi connectivity index (χ0v) is 28.1. The predicted molar refractivity (Wildman–Crippen MR) is 184 cm³/mol. The Balaban J connectivity index is 1.35. The van der Waals surface area contributed by atoms with Crippen LogP contribution in [-0.2, 0) is 4.79 Å². The molecule has 3 rings (SSSR count). The molecule has 43 heavy (non-hydrogen) atoms. The summed E-state index contributed by atoms with van der Waals surface area (Å²) in [6, 6.07) is 9.54. The van der Waals surface area contributed by atoms with Crippen molar-refractivity contribution in [2.45, 2.75) is 110 Å². The highest BCUT2D eigenvalue weighted by molar-refractivity contribution is 6.40. The Labute approximate surface area is 275 Å². The molecule has 0 atom stereocenters. The van der Waals surface area contributed by atoms with Gasteiger partial charge in [0.05, 0.1) is 20.8 Å². The Morgan fingerprint density at radius 1 is 0.721 bits per heavy atom. The van der Waals surface area contributed by atoms with E-state index in [-0.39, 0.29) is 27.2 Å². The van der Waals surface area contributed by atoms with Gasteiger partial charge in [-0.25, -0.2) is 4.68 Å². The van der Waals surface area contributed by atoms with Crippen molar-refractivity contribution in [2.24, 2.45) is 0 Å². The topological polar surface area (TPSA) is 78.9 Å². The van der Waals surface area contributed by atoms with Crippen molar-refractivity contribution < 1.29 is 4.79 Å². The van der Waals surface area contributed by atoms with Crippen LogP contribution < -0.4 is 16.2 Å². The van der Waals surface area contributed by atoms with Gasteiger partial charge in [0.2, 0.25) is 5.91 Å². The number of unbranched alkanes of at least 4 members (excludes halogenated alkanes) is 14. The molecule has 0 saturated carbocycles. The number of hydrogen-bond acceptors (Lipinski definition) is 3. The third kappa shape index (κ3) is 12.4. The monoisotopic (exact) mass is 668 g/mol. The van der Waals surface area contributed by atoms with Gasteiger partial charge in [0.15, 0.2) is 0 Å². The van der Waals surface area contributed by atoms with Gasteiger partial charge < -0.3 is 10.6 Å². The molecule has 0 fully saturated rings. The third-order valence-electron chi connectivity index (χ3n) is 7.45. The van der Waals surface area contributed by atoms with Crippen LogP contribution in [0.3, 0.4) is 0 Å². The van der Waals surface area contributed by atoms with Crippen LogP contribution in [0.15, 0.2) is 41.2 Å². The summed E-state index contributed by atoms with van der Waals surface area (Å²) in [6.45, 7) is 2.27. The van der Waals surface area contributed by atoms with E-state index >= 15 is 0 Å². The summed E-state index contributed by atoms with van der Waals surface area (Å²) in [5, 5.41) is 10.2. The maximum Gasteiger partial charge on any atom is 0.273 e. The van der Waals surface area contributed by atoms with Gasteiger partial charge in [-0.3, -0.25) is 14.7 Å². The Bertz CT molecular complexity index is 1330. The number of carbonyl (C=O) groups excluding carboxylic acids is 1. The Morgan fingerprint density at radius 3 is 1.81 bits per heavy atom. The minimum Gasteiger partial charge on any atom is -0.339 e. The van der Waals surface area contributed by atoms with E-state index in [1.54, 1.807) is 18.2 Å². The smallest absolute Gasteiger partial charge is 0.273 e. The van der Waals surface area contributed by atoms with E-state index < -0.39 is 0 Å². The molecule has 0 aliphatic rings. The van der Waals surface area contributed by atoms with Crippen LogP contribution in [0, 0.1) is 0 Å². The first-order chi connectivity index (χ1) is 20.8. The normalized spacial score (nSPS) is 11.2. The highest BCUT2D eigenvalue weighted by atomic mass is 35.5.